The van der Waals surface area contributed by atoms with E-state index in [1.807, 2.05) is 43.3 Å². The van der Waals surface area contributed by atoms with Crippen LogP contribution in [0.4, 0.5) is 5.69 Å². The molecule has 214 valence electrons. The number of rotatable bonds is 14. The molecule has 0 aliphatic carbocycles. The second-order valence-corrected chi connectivity index (χ2v) is 12.3. The van der Waals surface area contributed by atoms with Crippen molar-refractivity contribution in [2.45, 2.75) is 45.2 Å². The fourth-order valence-electron chi connectivity index (χ4n) is 4.35. The molecule has 3 aromatic rings. The van der Waals surface area contributed by atoms with Crippen molar-refractivity contribution in [3.8, 4) is 0 Å². The minimum Gasteiger partial charge on any atom is -0.354 e. The standard InChI is InChI=1S/C30H35Cl2N3O4S/c1-3-18-33-30(37)28(20-23-11-6-4-7-12-23)34(22-24-16-17-25(31)21-27(24)32)29(36)15-10-19-35(40(2,38)39)26-13-8-5-9-14-26/h4-9,11-14,16-17,21,28H,3,10,15,18-20,22H2,1-2H3,(H,33,37). The predicted molar refractivity (Wildman–Crippen MR) is 162 cm³/mol. The highest BCUT2D eigenvalue weighted by Crippen LogP contribution is 2.25. The largest absolute Gasteiger partial charge is 0.354 e. The Morgan fingerprint density at radius 1 is 0.950 bits per heavy atom. The van der Waals surface area contributed by atoms with E-state index in [4.69, 9.17) is 23.2 Å². The van der Waals surface area contributed by atoms with Crippen molar-refractivity contribution in [1.82, 2.24) is 10.2 Å². The van der Waals surface area contributed by atoms with E-state index in [0.717, 1.165) is 18.2 Å². The molecule has 0 aliphatic rings. The SMILES string of the molecule is CCCNC(=O)C(Cc1ccccc1)N(Cc1ccc(Cl)cc1Cl)C(=O)CCCN(c1ccccc1)S(C)(=O)=O. The van der Waals surface area contributed by atoms with Crippen LogP contribution in [0, 0.1) is 0 Å². The zero-order chi connectivity index (χ0) is 29.1. The number of nitrogens with zero attached hydrogens (tertiary/aromatic N) is 2. The molecule has 0 spiro atoms. The topological polar surface area (TPSA) is 86.8 Å². The third-order valence-electron chi connectivity index (χ3n) is 6.37. The molecule has 0 saturated heterocycles. The number of benzene rings is 3. The van der Waals surface area contributed by atoms with Crippen molar-refractivity contribution < 1.29 is 18.0 Å². The van der Waals surface area contributed by atoms with Gasteiger partial charge in [-0.2, -0.15) is 0 Å². The van der Waals surface area contributed by atoms with Gasteiger partial charge in [0.05, 0.1) is 11.9 Å². The number of carbonyl (C=O) groups is 2. The van der Waals surface area contributed by atoms with Crippen LogP contribution in [-0.2, 0) is 32.6 Å². The average molecular weight is 605 g/mol. The molecule has 0 heterocycles. The summed E-state index contributed by atoms with van der Waals surface area (Å²) in [6, 6.07) is 22.5. The van der Waals surface area contributed by atoms with Gasteiger partial charge >= 0.3 is 0 Å². The smallest absolute Gasteiger partial charge is 0.243 e. The first-order valence-electron chi connectivity index (χ1n) is 13.2. The van der Waals surface area contributed by atoms with Gasteiger partial charge in [0.2, 0.25) is 21.8 Å². The minimum atomic E-state index is -3.56. The molecule has 10 heteroatoms. The molecule has 2 amide bonds. The van der Waals surface area contributed by atoms with Crippen LogP contribution in [0.15, 0.2) is 78.9 Å². The first kappa shape index (κ1) is 31.5. The number of sulfonamides is 1. The Kier molecular flexibility index (Phi) is 11.9. The molecule has 0 radical (unpaired) electrons. The maximum Gasteiger partial charge on any atom is 0.243 e. The van der Waals surface area contributed by atoms with Crippen LogP contribution in [0.25, 0.3) is 0 Å². The van der Waals surface area contributed by atoms with Crippen LogP contribution in [0.3, 0.4) is 0 Å². The number of halogens is 2. The molecular formula is C30H35Cl2N3O4S. The second-order valence-electron chi connectivity index (χ2n) is 9.53. The molecule has 3 rings (SSSR count). The third-order valence-corrected chi connectivity index (χ3v) is 8.15. The Bertz CT molecular complexity index is 1370. The van der Waals surface area contributed by atoms with E-state index >= 15 is 0 Å². The van der Waals surface area contributed by atoms with E-state index < -0.39 is 16.1 Å². The van der Waals surface area contributed by atoms with Gasteiger partial charge in [0, 0.05) is 42.5 Å². The summed E-state index contributed by atoms with van der Waals surface area (Å²) in [4.78, 5) is 28.8. The summed E-state index contributed by atoms with van der Waals surface area (Å²) in [6.07, 6.45) is 2.51. The highest BCUT2D eigenvalue weighted by Gasteiger charge is 2.31. The van der Waals surface area contributed by atoms with Gasteiger partial charge in [0.1, 0.15) is 6.04 Å². The predicted octanol–water partition coefficient (Wildman–Crippen LogP) is 5.71. The Morgan fingerprint density at radius 2 is 1.60 bits per heavy atom. The lowest BCUT2D eigenvalue weighted by molar-refractivity contribution is -0.141. The van der Waals surface area contributed by atoms with E-state index in [1.54, 1.807) is 47.4 Å². The Hall–Kier alpha value is -3.07. The lowest BCUT2D eigenvalue weighted by Crippen LogP contribution is -2.50. The van der Waals surface area contributed by atoms with Crippen molar-refractivity contribution in [2.75, 3.05) is 23.7 Å². The molecule has 1 unspecified atom stereocenters. The molecular weight excluding hydrogens is 569 g/mol. The highest BCUT2D eigenvalue weighted by atomic mass is 35.5. The molecule has 1 atom stereocenters. The van der Waals surface area contributed by atoms with Crippen LogP contribution in [0.5, 0.6) is 0 Å². The normalized spacial score (nSPS) is 12.0. The Labute approximate surface area is 247 Å². The van der Waals surface area contributed by atoms with E-state index in [1.165, 1.54) is 4.31 Å². The van der Waals surface area contributed by atoms with Crippen molar-refractivity contribution in [3.63, 3.8) is 0 Å². The number of nitrogens with one attached hydrogen (secondary N) is 1. The summed E-state index contributed by atoms with van der Waals surface area (Å²) in [6.45, 7) is 2.66. The second kappa shape index (κ2) is 15.1. The van der Waals surface area contributed by atoms with Gasteiger partial charge in [-0.25, -0.2) is 8.42 Å². The molecule has 1 N–H and O–H groups in total. The number of amides is 2. The number of carbonyl (C=O) groups excluding carboxylic acids is 2. The van der Waals surface area contributed by atoms with E-state index in [-0.39, 0.29) is 37.7 Å². The van der Waals surface area contributed by atoms with E-state index in [0.29, 0.717) is 34.3 Å². The van der Waals surface area contributed by atoms with Crippen molar-refractivity contribution in [2.24, 2.45) is 0 Å². The first-order chi connectivity index (χ1) is 19.1. The van der Waals surface area contributed by atoms with Crippen LogP contribution < -0.4 is 9.62 Å². The molecule has 0 fully saturated rings. The Morgan fingerprint density at radius 3 is 2.20 bits per heavy atom. The molecule has 0 aliphatic heterocycles. The van der Waals surface area contributed by atoms with E-state index in [2.05, 4.69) is 5.32 Å². The summed E-state index contributed by atoms with van der Waals surface area (Å²) in [5.41, 5.74) is 2.09. The molecule has 0 aromatic heterocycles. The monoisotopic (exact) mass is 603 g/mol. The summed E-state index contributed by atoms with van der Waals surface area (Å²) < 4.78 is 26.3. The average Bonchev–Trinajstić information content (AvgIpc) is 2.93. The molecule has 3 aromatic carbocycles. The van der Waals surface area contributed by atoms with Crippen LogP contribution in [0.2, 0.25) is 10.0 Å². The molecule has 7 nitrogen and oxygen atoms in total. The fourth-order valence-corrected chi connectivity index (χ4v) is 5.79. The minimum absolute atomic E-state index is 0.0381. The zero-order valence-corrected chi connectivity index (χ0v) is 25.1. The van der Waals surface area contributed by atoms with Crippen molar-refractivity contribution >= 4 is 50.7 Å². The van der Waals surface area contributed by atoms with Gasteiger partial charge in [-0.1, -0.05) is 84.7 Å². The van der Waals surface area contributed by atoms with Gasteiger partial charge in [-0.05, 0) is 48.2 Å². The van der Waals surface area contributed by atoms with Gasteiger partial charge in [0.25, 0.3) is 0 Å². The number of para-hydroxylation sites is 1. The third kappa shape index (κ3) is 9.25. The van der Waals surface area contributed by atoms with Crippen LogP contribution in [0.1, 0.15) is 37.3 Å². The summed E-state index contributed by atoms with van der Waals surface area (Å²) in [5, 5.41) is 3.80. The van der Waals surface area contributed by atoms with Crippen LogP contribution in [-0.4, -0.2) is 50.5 Å². The fraction of sp³-hybridized carbons (Fsp3) is 0.333. The number of anilines is 1. The van der Waals surface area contributed by atoms with Crippen molar-refractivity contribution in [3.05, 3.63) is 100 Å². The first-order valence-corrected chi connectivity index (χ1v) is 15.8. The Balaban J connectivity index is 1.89. The van der Waals surface area contributed by atoms with Gasteiger partial charge < -0.3 is 10.2 Å². The highest BCUT2D eigenvalue weighted by molar-refractivity contribution is 7.92. The maximum atomic E-state index is 13.8. The number of hydrogen-bond donors (Lipinski definition) is 1. The lowest BCUT2D eigenvalue weighted by Gasteiger charge is -2.32. The quantitative estimate of drug-likeness (QED) is 0.256. The molecule has 0 bridgehead atoms. The van der Waals surface area contributed by atoms with Gasteiger partial charge in [-0.3, -0.25) is 13.9 Å². The zero-order valence-electron chi connectivity index (χ0n) is 22.7. The lowest BCUT2D eigenvalue weighted by atomic mass is 10.0. The summed E-state index contributed by atoms with van der Waals surface area (Å²) in [5.74, 6) is -0.536. The van der Waals surface area contributed by atoms with E-state index in [9.17, 15) is 18.0 Å². The number of hydrogen-bond acceptors (Lipinski definition) is 4. The van der Waals surface area contributed by atoms with Gasteiger partial charge in [0.15, 0.2) is 0 Å². The summed E-state index contributed by atoms with van der Waals surface area (Å²) in [7, 11) is -3.56. The maximum absolute atomic E-state index is 13.8. The molecule has 40 heavy (non-hydrogen) atoms. The van der Waals surface area contributed by atoms with Crippen molar-refractivity contribution in [1.29, 1.82) is 0 Å². The van der Waals surface area contributed by atoms with Crippen LogP contribution >= 0.6 is 23.2 Å². The molecule has 0 saturated carbocycles. The summed E-state index contributed by atoms with van der Waals surface area (Å²) >= 11 is 12.6. The van der Waals surface area contributed by atoms with Gasteiger partial charge in [-0.15, -0.1) is 0 Å².